The summed E-state index contributed by atoms with van der Waals surface area (Å²) in [5.74, 6) is 2.14. The maximum absolute atomic E-state index is 12.1. The van der Waals surface area contributed by atoms with Gasteiger partial charge in [-0.25, -0.2) is 4.79 Å². The van der Waals surface area contributed by atoms with Gasteiger partial charge < -0.3 is 14.6 Å². The monoisotopic (exact) mass is 318 g/mol. The highest BCUT2D eigenvalue weighted by molar-refractivity contribution is 5.88. The number of nitrogens with one attached hydrogen (secondary N) is 1. The van der Waals surface area contributed by atoms with Crippen LogP contribution in [0.1, 0.15) is 48.4 Å². The van der Waals surface area contributed by atoms with E-state index in [1.165, 1.54) is 38.2 Å². The fourth-order valence-electron chi connectivity index (χ4n) is 5.05. The lowest BCUT2D eigenvalue weighted by atomic mass is 9.54. The minimum atomic E-state index is -0.647. The summed E-state index contributed by atoms with van der Waals surface area (Å²) < 4.78 is 9.84. The molecule has 4 fully saturated rings. The van der Waals surface area contributed by atoms with Gasteiger partial charge in [-0.05, 0) is 62.7 Å². The Labute approximate surface area is 134 Å². The van der Waals surface area contributed by atoms with Gasteiger partial charge in [0.2, 0.25) is 5.76 Å². The first-order valence-corrected chi connectivity index (χ1v) is 8.48. The second-order valence-electron chi connectivity index (χ2n) is 7.43. The average Bonchev–Trinajstić information content (AvgIpc) is 2.94. The maximum Gasteiger partial charge on any atom is 0.377 e. The number of hydrogen-bond acceptors (Lipinski definition) is 5. The molecule has 4 bridgehead atoms. The molecule has 4 saturated carbocycles. The highest BCUT2D eigenvalue weighted by Crippen LogP contribution is 2.53. The highest BCUT2D eigenvalue weighted by atomic mass is 16.6. The molecule has 1 N–H and O–H groups in total. The second-order valence-corrected chi connectivity index (χ2v) is 7.43. The molecule has 0 saturated heterocycles. The van der Waals surface area contributed by atoms with Gasteiger partial charge in [-0.1, -0.05) is 5.16 Å². The lowest BCUT2D eigenvalue weighted by molar-refractivity contribution is -0.128. The molecule has 1 aromatic rings. The van der Waals surface area contributed by atoms with Crippen molar-refractivity contribution in [3.05, 3.63) is 17.5 Å². The summed E-state index contributed by atoms with van der Waals surface area (Å²) in [5.41, 5.74) is 0.606. The zero-order valence-electron chi connectivity index (χ0n) is 13.3. The van der Waals surface area contributed by atoms with Gasteiger partial charge in [-0.2, -0.15) is 0 Å². The molecular formula is C17H22N2O4. The topological polar surface area (TPSA) is 81.4 Å². The fraction of sp³-hybridized carbons (Fsp3) is 0.706. The van der Waals surface area contributed by atoms with Crippen molar-refractivity contribution in [2.24, 2.45) is 23.7 Å². The van der Waals surface area contributed by atoms with Crippen molar-refractivity contribution in [3.8, 4) is 0 Å². The SMILES string of the molecule is Cc1cc(C(=O)OCC(=O)NC2C3CC4CC(C3)CC2C4)on1. The van der Waals surface area contributed by atoms with Crippen LogP contribution in [-0.2, 0) is 9.53 Å². The van der Waals surface area contributed by atoms with Crippen molar-refractivity contribution in [1.29, 1.82) is 0 Å². The van der Waals surface area contributed by atoms with E-state index in [-0.39, 0.29) is 24.3 Å². The molecule has 0 radical (unpaired) electrons. The quantitative estimate of drug-likeness (QED) is 0.860. The number of aromatic nitrogens is 1. The Hall–Kier alpha value is -1.85. The summed E-state index contributed by atoms with van der Waals surface area (Å²) in [5, 5.41) is 6.74. The van der Waals surface area contributed by atoms with Crippen LogP contribution in [0.2, 0.25) is 0 Å². The van der Waals surface area contributed by atoms with Crippen molar-refractivity contribution in [2.45, 2.75) is 45.1 Å². The van der Waals surface area contributed by atoms with Gasteiger partial charge in [0, 0.05) is 12.1 Å². The average molecular weight is 318 g/mol. The third-order valence-electron chi connectivity index (χ3n) is 5.72. The number of rotatable bonds is 4. The van der Waals surface area contributed by atoms with E-state index >= 15 is 0 Å². The van der Waals surface area contributed by atoms with Gasteiger partial charge >= 0.3 is 5.97 Å². The molecule has 0 atom stereocenters. The number of carbonyl (C=O) groups excluding carboxylic acids is 2. The van der Waals surface area contributed by atoms with E-state index in [4.69, 9.17) is 9.26 Å². The third kappa shape index (κ3) is 2.86. The van der Waals surface area contributed by atoms with Gasteiger partial charge in [0.1, 0.15) is 0 Å². The lowest BCUT2D eigenvalue weighted by Crippen LogP contribution is -2.56. The molecule has 1 amide bonds. The molecule has 23 heavy (non-hydrogen) atoms. The molecule has 0 aromatic carbocycles. The van der Waals surface area contributed by atoms with Crippen LogP contribution in [0.15, 0.2) is 10.6 Å². The Balaban J connectivity index is 1.30. The first kappa shape index (κ1) is 14.7. The molecule has 4 aliphatic carbocycles. The third-order valence-corrected chi connectivity index (χ3v) is 5.72. The van der Waals surface area contributed by atoms with Crippen LogP contribution in [-0.4, -0.2) is 29.7 Å². The van der Waals surface area contributed by atoms with E-state index in [9.17, 15) is 9.59 Å². The maximum atomic E-state index is 12.1. The molecule has 4 aliphatic rings. The van der Waals surface area contributed by atoms with Crippen molar-refractivity contribution < 1.29 is 18.8 Å². The highest BCUT2D eigenvalue weighted by Gasteiger charge is 2.48. The van der Waals surface area contributed by atoms with Gasteiger partial charge in [-0.3, -0.25) is 4.79 Å². The molecule has 6 heteroatoms. The van der Waals surface area contributed by atoms with Gasteiger partial charge in [-0.15, -0.1) is 0 Å². The molecule has 1 heterocycles. The van der Waals surface area contributed by atoms with Gasteiger partial charge in [0.25, 0.3) is 5.91 Å². The van der Waals surface area contributed by atoms with Crippen LogP contribution >= 0.6 is 0 Å². The molecule has 0 spiro atoms. The van der Waals surface area contributed by atoms with Crippen LogP contribution in [0.5, 0.6) is 0 Å². The largest absolute Gasteiger partial charge is 0.450 e. The predicted molar refractivity (Wildman–Crippen MR) is 80.5 cm³/mol. The molecule has 0 aliphatic heterocycles. The van der Waals surface area contributed by atoms with E-state index in [0.29, 0.717) is 17.5 Å². The summed E-state index contributed by atoms with van der Waals surface area (Å²) in [6.07, 6.45) is 6.37. The van der Waals surface area contributed by atoms with E-state index in [1.807, 2.05) is 0 Å². The first-order valence-electron chi connectivity index (χ1n) is 8.48. The lowest BCUT2D eigenvalue weighted by Gasteiger charge is -2.54. The zero-order valence-corrected chi connectivity index (χ0v) is 13.3. The second kappa shape index (κ2) is 5.65. The Kier molecular flexibility index (Phi) is 3.62. The van der Waals surface area contributed by atoms with Crippen LogP contribution in [0, 0.1) is 30.6 Å². The van der Waals surface area contributed by atoms with Gasteiger partial charge in [0.15, 0.2) is 6.61 Å². The number of aryl methyl sites for hydroxylation is 1. The Bertz CT molecular complexity index is 596. The molecule has 6 nitrogen and oxygen atoms in total. The number of hydrogen-bond donors (Lipinski definition) is 1. The minimum Gasteiger partial charge on any atom is -0.450 e. The van der Waals surface area contributed by atoms with Crippen LogP contribution in [0.4, 0.5) is 0 Å². The summed E-state index contributed by atoms with van der Waals surface area (Å²) in [4.78, 5) is 23.9. The Morgan fingerprint density at radius 2 is 1.87 bits per heavy atom. The fourth-order valence-corrected chi connectivity index (χ4v) is 5.05. The van der Waals surface area contributed by atoms with Gasteiger partial charge in [0.05, 0.1) is 5.69 Å². The molecular weight excluding hydrogens is 296 g/mol. The summed E-state index contributed by atoms with van der Waals surface area (Å²) in [7, 11) is 0. The zero-order chi connectivity index (χ0) is 16.0. The molecule has 1 aromatic heterocycles. The minimum absolute atomic E-state index is 0.0323. The number of nitrogens with zero attached hydrogens (tertiary/aromatic N) is 1. The van der Waals surface area contributed by atoms with Crippen LogP contribution in [0.3, 0.4) is 0 Å². The predicted octanol–water partition coefficient (Wildman–Crippen LogP) is 2.08. The normalized spacial score (nSPS) is 34.4. The molecule has 0 unspecified atom stereocenters. The van der Waals surface area contributed by atoms with E-state index in [1.54, 1.807) is 6.92 Å². The summed E-state index contributed by atoms with van der Waals surface area (Å²) in [6.45, 7) is 1.46. The van der Waals surface area contributed by atoms with E-state index < -0.39 is 5.97 Å². The number of carbonyl (C=O) groups is 2. The molecule has 124 valence electrons. The van der Waals surface area contributed by atoms with Crippen molar-refractivity contribution in [1.82, 2.24) is 10.5 Å². The van der Waals surface area contributed by atoms with Crippen molar-refractivity contribution >= 4 is 11.9 Å². The van der Waals surface area contributed by atoms with Crippen molar-refractivity contribution in [2.75, 3.05) is 6.61 Å². The van der Waals surface area contributed by atoms with Crippen molar-refractivity contribution in [3.63, 3.8) is 0 Å². The molecule has 5 rings (SSSR count). The standard InChI is InChI=1S/C17H22N2O4/c1-9-2-14(23-19-9)17(21)22-8-15(20)18-16-12-4-10-3-11(6-12)7-13(16)5-10/h2,10-13,16H,3-8H2,1H3,(H,18,20). The number of esters is 1. The Morgan fingerprint density at radius 1 is 1.22 bits per heavy atom. The van der Waals surface area contributed by atoms with E-state index in [2.05, 4.69) is 10.5 Å². The smallest absolute Gasteiger partial charge is 0.377 e. The van der Waals surface area contributed by atoms with Crippen LogP contribution < -0.4 is 5.32 Å². The number of amides is 1. The Morgan fingerprint density at radius 3 is 2.43 bits per heavy atom. The summed E-state index contributed by atoms with van der Waals surface area (Å²) in [6, 6.07) is 1.76. The summed E-state index contributed by atoms with van der Waals surface area (Å²) >= 11 is 0. The number of ether oxygens (including phenoxy) is 1. The first-order chi connectivity index (χ1) is 11.1. The van der Waals surface area contributed by atoms with Crippen LogP contribution in [0.25, 0.3) is 0 Å². The van der Waals surface area contributed by atoms with E-state index in [0.717, 1.165) is 11.8 Å².